The summed E-state index contributed by atoms with van der Waals surface area (Å²) in [5.74, 6) is 0. The Bertz CT molecular complexity index is 204. The van der Waals surface area contributed by atoms with Crippen molar-refractivity contribution >= 4 is 6.09 Å². The molecular formula is C9H16N2O2. The van der Waals surface area contributed by atoms with Gasteiger partial charge in [0.15, 0.2) is 0 Å². The molecule has 74 valence electrons. The molecule has 0 radical (unpaired) electrons. The van der Waals surface area contributed by atoms with E-state index in [0.717, 1.165) is 25.7 Å². The molecule has 0 aromatic carbocycles. The Morgan fingerprint density at radius 1 is 1.38 bits per heavy atom. The first-order chi connectivity index (χ1) is 6.20. The number of nitrogens with one attached hydrogen (secondary N) is 1. The van der Waals surface area contributed by atoms with Crippen molar-refractivity contribution in [1.29, 1.82) is 0 Å². The van der Waals surface area contributed by atoms with Crippen LogP contribution < -0.4 is 11.1 Å². The summed E-state index contributed by atoms with van der Waals surface area (Å²) >= 11 is 0. The first-order valence-electron chi connectivity index (χ1n) is 4.60. The molecule has 2 atom stereocenters. The van der Waals surface area contributed by atoms with Crippen LogP contribution in [0, 0.1) is 0 Å². The Morgan fingerprint density at radius 3 is 2.62 bits per heavy atom. The summed E-state index contributed by atoms with van der Waals surface area (Å²) in [5.41, 5.74) is 5.84. The lowest BCUT2D eigenvalue weighted by Gasteiger charge is -2.24. The standard InChI is InChI=1S/C9H16N2O2/c10-7-5-3-1-2-4-6-8(7)11-9(12)13/h1-2,7-8,11H,3-6,10H2,(H,12,13)/b2-1-. The second kappa shape index (κ2) is 4.87. The highest BCUT2D eigenvalue weighted by Crippen LogP contribution is 2.11. The summed E-state index contributed by atoms with van der Waals surface area (Å²) in [4.78, 5) is 10.4. The molecule has 2 unspecified atom stereocenters. The van der Waals surface area contributed by atoms with Crippen LogP contribution in [0.1, 0.15) is 25.7 Å². The number of rotatable bonds is 1. The van der Waals surface area contributed by atoms with E-state index in [-0.39, 0.29) is 12.1 Å². The summed E-state index contributed by atoms with van der Waals surface area (Å²) in [7, 11) is 0. The van der Waals surface area contributed by atoms with Crippen molar-refractivity contribution in [3.8, 4) is 0 Å². The highest BCUT2D eigenvalue weighted by Gasteiger charge is 2.19. The van der Waals surface area contributed by atoms with Gasteiger partial charge in [0.05, 0.1) is 0 Å². The van der Waals surface area contributed by atoms with Gasteiger partial charge in [0.2, 0.25) is 0 Å². The van der Waals surface area contributed by atoms with Crippen LogP contribution in [0.5, 0.6) is 0 Å². The van der Waals surface area contributed by atoms with Gasteiger partial charge in [0.25, 0.3) is 0 Å². The predicted octanol–water partition coefficient (Wildman–Crippen LogP) is 1.08. The molecule has 0 aliphatic heterocycles. The number of amides is 1. The Labute approximate surface area is 77.8 Å². The number of nitrogens with two attached hydrogens (primary N) is 1. The van der Waals surface area contributed by atoms with Gasteiger partial charge in [-0.05, 0) is 25.7 Å². The van der Waals surface area contributed by atoms with Crippen molar-refractivity contribution in [2.24, 2.45) is 5.73 Å². The number of carboxylic acid groups (broad SMARTS) is 1. The topological polar surface area (TPSA) is 75.3 Å². The lowest BCUT2D eigenvalue weighted by atomic mass is 9.96. The highest BCUT2D eigenvalue weighted by atomic mass is 16.4. The van der Waals surface area contributed by atoms with Crippen LogP contribution in [-0.4, -0.2) is 23.3 Å². The van der Waals surface area contributed by atoms with E-state index in [9.17, 15) is 4.79 Å². The molecule has 4 N–H and O–H groups in total. The minimum absolute atomic E-state index is 0.0546. The summed E-state index contributed by atoms with van der Waals surface area (Å²) in [6.45, 7) is 0. The van der Waals surface area contributed by atoms with Gasteiger partial charge in [-0.1, -0.05) is 12.2 Å². The van der Waals surface area contributed by atoms with Crippen LogP contribution in [0.3, 0.4) is 0 Å². The Hall–Kier alpha value is -1.03. The van der Waals surface area contributed by atoms with Gasteiger partial charge in [-0.25, -0.2) is 4.79 Å². The first kappa shape index (κ1) is 10.1. The quantitative estimate of drug-likeness (QED) is 0.534. The van der Waals surface area contributed by atoms with Crippen LogP contribution in [-0.2, 0) is 0 Å². The van der Waals surface area contributed by atoms with Gasteiger partial charge in [-0.2, -0.15) is 0 Å². The van der Waals surface area contributed by atoms with Gasteiger partial charge in [-0.3, -0.25) is 0 Å². The van der Waals surface area contributed by atoms with Crippen molar-refractivity contribution in [2.45, 2.75) is 37.8 Å². The molecule has 13 heavy (non-hydrogen) atoms. The van der Waals surface area contributed by atoms with Crippen LogP contribution in [0.25, 0.3) is 0 Å². The van der Waals surface area contributed by atoms with E-state index in [1.165, 1.54) is 0 Å². The average molecular weight is 184 g/mol. The third-order valence-electron chi connectivity index (χ3n) is 2.30. The summed E-state index contributed by atoms with van der Waals surface area (Å²) in [5, 5.41) is 11.0. The molecule has 0 aromatic heterocycles. The van der Waals surface area contributed by atoms with Crippen molar-refractivity contribution in [3.05, 3.63) is 12.2 Å². The van der Waals surface area contributed by atoms with Crippen molar-refractivity contribution in [3.63, 3.8) is 0 Å². The summed E-state index contributed by atoms with van der Waals surface area (Å²) < 4.78 is 0. The highest BCUT2D eigenvalue weighted by molar-refractivity contribution is 5.64. The van der Waals surface area contributed by atoms with E-state index in [4.69, 9.17) is 10.8 Å². The fourth-order valence-electron chi connectivity index (χ4n) is 1.55. The molecule has 1 amide bonds. The number of carbonyl (C=O) groups is 1. The maximum Gasteiger partial charge on any atom is 0.404 e. The molecule has 0 saturated heterocycles. The van der Waals surface area contributed by atoms with Crippen LogP contribution in [0.4, 0.5) is 4.79 Å². The number of allylic oxidation sites excluding steroid dienone is 2. The molecule has 0 fully saturated rings. The molecule has 0 bridgehead atoms. The third kappa shape index (κ3) is 3.46. The number of hydrogen-bond donors (Lipinski definition) is 3. The monoisotopic (exact) mass is 184 g/mol. The minimum Gasteiger partial charge on any atom is -0.465 e. The molecule has 4 heteroatoms. The second-order valence-electron chi connectivity index (χ2n) is 3.35. The zero-order valence-electron chi connectivity index (χ0n) is 7.57. The van der Waals surface area contributed by atoms with Gasteiger partial charge in [0, 0.05) is 12.1 Å². The molecule has 4 nitrogen and oxygen atoms in total. The molecule has 1 aliphatic rings. The molecule has 0 aromatic rings. The van der Waals surface area contributed by atoms with E-state index in [1.807, 2.05) is 0 Å². The Balaban J connectivity index is 2.48. The third-order valence-corrected chi connectivity index (χ3v) is 2.30. The van der Waals surface area contributed by atoms with E-state index < -0.39 is 6.09 Å². The largest absolute Gasteiger partial charge is 0.465 e. The van der Waals surface area contributed by atoms with Gasteiger partial charge in [-0.15, -0.1) is 0 Å². The number of hydrogen-bond acceptors (Lipinski definition) is 2. The van der Waals surface area contributed by atoms with Crippen molar-refractivity contribution in [1.82, 2.24) is 5.32 Å². The molecule has 0 saturated carbocycles. The van der Waals surface area contributed by atoms with E-state index in [2.05, 4.69) is 17.5 Å². The minimum atomic E-state index is -0.981. The van der Waals surface area contributed by atoms with E-state index in [0.29, 0.717) is 0 Å². The summed E-state index contributed by atoms with van der Waals surface area (Å²) in [6.07, 6.45) is 6.70. The van der Waals surface area contributed by atoms with E-state index in [1.54, 1.807) is 0 Å². The molecular weight excluding hydrogens is 168 g/mol. The second-order valence-corrected chi connectivity index (χ2v) is 3.35. The Morgan fingerprint density at radius 2 is 2.00 bits per heavy atom. The lowest BCUT2D eigenvalue weighted by Crippen LogP contribution is -2.47. The van der Waals surface area contributed by atoms with Crippen molar-refractivity contribution < 1.29 is 9.90 Å². The summed E-state index contributed by atoms with van der Waals surface area (Å²) in [6, 6.07) is -0.150. The van der Waals surface area contributed by atoms with Gasteiger partial charge >= 0.3 is 6.09 Å². The molecule has 0 heterocycles. The average Bonchev–Trinajstić information content (AvgIpc) is 2.04. The smallest absolute Gasteiger partial charge is 0.404 e. The Kier molecular flexibility index (Phi) is 3.76. The van der Waals surface area contributed by atoms with Crippen molar-refractivity contribution in [2.75, 3.05) is 0 Å². The van der Waals surface area contributed by atoms with Crippen LogP contribution >= 0.6 is 0 Å². The first-order valence-corrected chi connectivity index (χ1v) is 4.60. The zero-order valence-corrected chi connectivity index (χ0v) is 7.57. The van der Waals surface area contributed by atoms with E-state index >= 15 is 0 Å². The normalized spacial score (nSPS) is 31.5. The predicted molar refractivity (Wildman–Crippen MR) is 50.5 cm³/mol. The maximum atomic E-state index is 10.4. The lowest BCUT2D eigenvalue weighted by molar-refractivity contribution is 0.186. The fourth-order valence-corrected chi connectivity index (χ4v) is 1.55. The molecule has 0 spiro atoms. The SMILES string of the molecule is NC1CC/C=C\CCC1NC(=O)O. The molecule has 1 rings (SSSR count). The zero-order chi connectivity index (χ0) is 9.68. The van der Waals surface area contributed by atoms with Crippen LogP contribution in [0.15, 0.2) is 12.2 Å². The van der Waals surface area contributed by atoms with Gasteiger partial charge < -0.3 is 16.2 Å². The van der Waals surface area contributed by atoms with Crippen LogP contribution in [0.2, 0.25) is 0 Å². The maximum absolute atomic E-state index is 10.4. The molecule has 1 aliphatic carbocycles. The van der Waals surface area contributed by atoms with Gasteiger partial charge in [0.1, 0.15) is 0 Å². The fraction of sp³-hybridized carbons (Fsp3) is 0.667.